The largest absolute Gasteiger partial charge is 0.379 e. The number of thioether (sulfide) groups is 1. The van der Waals surface area contributed by atoms with Gasteiger partial charge >= 0.3 is 0 Å². The Hall–Kier alpha value is -1.76. The number of nitrogens with one attached hydrogen (secondary N) is 1. The smallest absolute Gasteiger partial charge is 0.151 e. The van der Waals surface area contributed by atoms with Crippen molar-refractivity contribution in [3.8, 4) is 16.3 Å². The van der Waals surface area contributed by atoms with E-state index in [2.05, 4.69) is 6.07 Å². The number of amidine groups is 1. The quantitative estimate of drug-likeness (QED) is 0.548. The molecule has 3 rings (SSSR count). The van der Waals surface area contributed by atoms with Gasteiger partial charge in [0, 0.05) is 17.5 Å². The lowest BCUT2D eigenvalue weighted by atomic mass is 10.2. The van der Waals surface area contributed by atoms with E-state index in [9.17, 15) is 0 Å². The number of aromatic nitrogens is 2. The van der Waals surface area contributed by atoms with E-state index in [4.69, 9.17) is 16.2 Å². The van der Waals surface area contributed by atoms with Crippen molar-refractivity contribution >= 4 is 40.7 Å². The van der Waals surface area contributed by atoms with Crippen LogP contribution in [0.3, 0.4) is 0 Å². The van der Waals surface area contributed by atoms with Gasteiger partial charge < -0.3 is 5.73 Å². The van der Waals surface area contributed by atoms with Gasteiger partial charge in [0.05, 0.1) is 10.6 Å². The van der Waals surface area contributed by atoms with Gasteiger partial charge in [0.1, 0.15) is 5.69 Å². The molecular formula is C15H15ClN4S2. The molecule has 0 spiro atoms. The molecule has 0 amide bonds. The third-order valence-electron chi connectivity index (χ3n) is 2.95. The molecule has 22 heavy (non-hydrogen) atoms. The van der Waals surface area contributed by atoms with Gasteiger partial charge in [-0.1, -0.05) is 36.0 Å². The Labute approximate surface area is 143 Å². The average Bonchev–Trinajstić information content (AvgIpc) is 3.15. The Morgan fingerprint density at radius 2 is 2.00 bits per heavy atom. The molecule has 0 atom stereocenters. The van der Waals surface area contributed by atoms with Crippen molar-refractivity contribution in [3.05, 3.63) is 59.6 Å². The van der Waals surface area contributed by atoms with E-state index in [1.54, 1.807) is 11.3 Å². The molecule has 114 valence electrons. The van der Waals surface area contributed by atoms with E-state index in [-0.39, 0.29) is 17.6 Å². The number of rotatable bonds is 4. The molecule has 3 aromatic rings. The maximum absolute atomic E-state index is 7.38. The van der Waals surface area contributed by atoms with E-state index in [0.717, 1.165) is 21.8 Å². The molecule has 0 saturated carbocycles. The summed E-state index contributed by atoms with van der Waals surface area (Å²) in [6.07, 6.45) is 2.01. The Morgan fingerprint density at radius 3 is 2.64 bits per heavy atom. The van der Waals surface area contributed by atoms with Crippen LogP contribution in [0.4, 0.5) is 0 Å². The maximum Gasteiger partial charge on any atom is 0.151 e. The highest BCUT2D eigenvalue weighted by molar-refractivity contribution is 8.13. The summed E-state index contributed by atoms with van der Waals surface area (Å²) in [5.74, 6) is 0.648. The summed E-state index contributed by atoms with van der Waals surface area (Å²) < 4.78 is 1.88. The van der Waals surface area contributed by atoms with E-state index in [1.807, 2.05) is 52.7 Å². The molecule has 3 N–H and O–H groups in total. The molecule has 7 heteroatoms. The molecule has 0 unspecified atom stereocenters. The predicted octanol–water partition coefficient (Wildman–Crippen LogP) is 4.15. The summed E-state index contributed by atoms with van der Waals surface area (Å²) in [7, 11) is 0. The number of benzene rings is 1. The second-order valence-electron chi connectivity index (χ2n) is 4.41. The summed E-state index contributed by atoms with van der Waals surface area (Å²) >= 11 is 2.98. The van der Waals surface area contributed by atoms with Gasteiger partial charge in [0.25, 0.3) is 0 Å². The molecule has 1 aromatic carbocycles. The normalized spacial score (nSPS) is 10.2. The zero-order chi connectivity index (χ0) is 14.7. The fraction of sp³-hybridized carbons (Fsp3) is 0.0667. The van der Waals surface area contributed by atoms with Crippen LogP contribution in [-0.4, -0.2) is 14.9 Å². The van der Waals surface area contributed by atoms with Crippen LogP contribution in [0.5, 0.6) is 0 Å². The summed E-state index contributed by atoms with van der Waals surface area (Å²) in [6, 6.07) is 14.1. The van der Waals surface area contributed by atoms with Crippen molar-refractivity contribution < 1.29 is 0 Å². The Balaban J connectivity index is 0.00000176. The van der Waals surface area contributed by atoms with Crippen LogP contribution < -0.4 is 5.73 Å². The fourth-order valence-electron chi connectivity index (χ4n) is 2.00. The highest BCUT2D eigenvalue weighted by atomic mass is 35.5. The molecular weight excluding hydrogens is 336 g/mol. The lowest BCUT2D eigenvalue weighted by Gasteiger charge is -1.99. The van der Waals surface area contributed by atoms with Crippen LogP contribution in [0, 0.1) is 5.41 Å². The van der Waals surface area contributed by atoms with Crippen molar-refractivity contribution in [1.29, 1.82) is 5.41 Å². The zero-order valence-corrected chi connectivity index (χ0v) is 14.0. The number of thiophene rings is 1. The van der Waals surface area contributed by atoms with E-state index >= 15 is 0 Å². The van der Waals surface area contributed by atoms with Crippen molar-refractivity contribution in [2.45, 2.75) is 5.75 Å². The SMILES string of the molecule is Cl.N=C(N)SCc1cn(-c2ccccc2)nc1-c1cccs1. The molecule has 2 heterocycles. The summed E-state index contributed by atoms with van der Waals surface area (Å²) in [6.45, 7) is 0. The van der Waals surface area contributed by atoms with Crippen LogP contribution >= 0.6 is 35.5 Å². The topological polar surface area (TPSA) is 67.7 Å². The van der Waals surface area contributed by atoms with Gasteiger partial charge in [-0.05, 0) is 23.6 Å². The van der Waals surface area contributed by atoms with E-state index < -0.39 is 0 Å². The van der Waals surface area contributed by atoms with Crippen LogP contribution in [0.25, 0.3) is 16.3 Å². The van der Waals surface area contributed by atoms with Gasteiger partial charge in [-0.15, -0.1) is 23.7 Å². The molecule has 4 nitrogen and oxygen atoms in total. The fourth-order valence-corrected chi connectivity index (χ4v) is 3.27. The molecule has 2 aromatic heterocycles. The Bertz CT molecular complexity index is 738. The number of halogens is 1. The van der Waals surface area contributed by atoms with Gasteiger partial charge in [0.2, 0.25) is 0 Å². The Kier molecular flexibility index (Phi) is 5.65. The third-order valence-corrected chi connectivity index (χ3v) is 4.59. The minimum atomic E-state index is 0. The number of nitrogens with two attached hydrogens (primary N) is 1. The molecule has 0 radical (unpaired) electrons. The highest BCUT2D eigenvalue weighted by Crippen LogP contribution is 2.29. The first-order valence-corrected chi connectivity index (χ1v) is 8.25. The first-order chi connectivity index (χ1) is 10.2. The first kappa shape index (κ1) is 16.6. The third kappa shape index (κ3) is 3.71. The molecule has 0 saturated heterocycles. The van der Waals surface area contributed by atoms with E-state index in [1.165, 1.54) is 11.8 Å². The monoisotopic (exact) mass is 350 g/mol. The minimum absolute atomic E-state index is 0. The van der Waals surface area contributed by atoms with Crippen molar-refractivity contribution in [3.63, 3.8) is 0 Å². The van der Waals surface area contributed by atoms with Crippen LogP contribution in [0.1, 0.15) is 5.56 Å². The van der Waals surface area contributed by atoms with Crippen molar-refractivity contribution in [2.24, 2.45) is 5.73 Å². The lowest BCUT2D eigenvalue weighted by Crippen LogP contribution is -2.03. The van der Waals surface area contributed by atoms with Gasteiger partial charge in [-0.3, -0.25) is 5.41 Å². The average molecular weight is 351 g/mol. The Morgan fingerprint density at radius 1 is 1.23 bits per heavy atom. The second-order valence-corrected chi connectivity index (χ2v) is 6.38. The van der Waals surface area contributed by atoms with Crippen LogP contribution in [-0.2, 0) is 5.75 Å². The maximum atomic E-state index is 7.38. The highest BCUT2D eigenvalue weighted by Gasteiger charge is 2.13. The molecule has 0 aliphatic carbocycles. The summed E-state index contributed by atoms with van der Waals surface area (Å²) in [5.41, 5.74) is 8.52. The standard InChI is InChI=1S/C15H14N4S2.ClH/c16-15(17)21-10-11-9-19(12-5-2-1-3-6-12)18-14(11)13-7-4-8-20-13;/h1-9H,10H2,(H3,16,17);1H. The van der Waals surface area contributed by atoms with Crippen LogP contribution in [0.15, 0.2) is 54.0 Å². The predicted molar refractivity (Wildman–Crippen MR) is 97.3 cm³/mol. The second kappa shape index (κ2) is 7.49. The van der Waals surface area contributed by atoms with Gasteiger partial charge in [-0.25, -0.2) is 4.68 Å². The summed E-state index contributed by atoms with van der Waals surface area (Å²) in [4.78, 5) is 1.13. The molecule has 0 aliphatic heterocycles. The lowest BCUT2D eigenvalue weighted by molar-refractivity contribution is 0.884. The molecule has 0 fully saturated rings. The molecule has 0 bridgehead atoms. The minimum Gasteiger partial charge on any atom is -0.379 e. The van der Waals surface area contributed by atoms with Crippen molar-refractivity contribution in [2.75, 3.05) is 0 Å². The molecule has 0 aliphatic rings. The van der Waals surface area contributed by atoms with Crippen LogP contribution in [0.2, 0.25) is 0 Å². The number of hydrogen-bond donors (Lipinski definition) is 2. The van der Waals surface area contributed by atoms with Crippen molar-refractivity contribution in [1.82, 2.24) is 9.78 Å². The summed E-state index contributed by atoms with van der Waals surface area (Å²) in [5, 5.41) is 14.2. The number of nitrogens with zero attached hydrogens (tertiary/aromatic N) is 2. The van der Waals surface area contributed by atoms with E-state index in [0.29, 0.717) is 5.75 Å². The zero-order valence-electron chi connectivity index (χ0n) is 11.6. The number of hydrogen-bond acceptors (Lipinski definition) is 4. The van der Waals surface area contributed by atoms with Gasteiger partial charge in [-0.2, -0.15) is 5.10 Å². The van der Waals surface area contributed by atoms with Gasteiger partial charge in [0.15, 0.2) is 5.17 Å². The first-order valence-electron chi connectivity index (χ1n) is 6.38. The number of para-hydroxylation sites is 1.